The molecule has 2 heterocycles. The van der Waals surface area contributed by atoms with Gasteiger partial charge in [-0.3, -0.25) is 0 Å². The summed E-state index contributed by atoms with van der Waals surface area (Å²) in [5, 5.41) is 1.13. The minimum Gasteiger partial charge on any atom is -0.360 e. The van der Waals surface area contributed by atoms with Crippen molar-refractivity contribution in [3.63, 3.8) is 0 Å². The number of nitrogens with zero attached hydrogens (tertiary/aromatic N) is 3. The number of fused-ring (bicyclic) bond motifs is 2. The Balaban J connectivity index is 1.49. The van der Waals surface area contributed by atoms with Crippen molar-refractivity contribution in [3.05, 3.63) is 89.2 Å². The van der Waals surface area contributed by atoms with Crippen LogP contribution >= 0.6 is 11.3 Å². The highest BCUT2D eigenvalue weighted by molar-refractivity contribution is 7.18. The highest BCUT2D eigenvalue weighted by Crippen LogP contribution is 2.27. The van der Waals surface area contributed by atoms with Gasteiger partial charge in [-0.1, -0.05) is 43.3 Å². The number of H-pyrrole nitrogens is 1. The van der Waals surface area contributed by atoms with E-state index in [1.165, 1.54) is 21.5 Å². The molecule has 0 amide bonds. The smallest absolute Gasteiger partial charge is 0.113 e. The molecule has 4 nitrogen and oxygen atoms in total. The first-order valence-corrected chi connectivity index (χ1v) is 10.7. The van der Waals surface area contributed by atoms with Crippen LogP contribution in [-0.4, -0.2) is 15.0 Å². The van der Waals surface area contributed by atoms with Crippen LogP contribution in [0.4, 0.5) is 5.69 Å². The zero-order chi connectivity index (χ0) is 19.6. The fourth-order valence-electron chi connectivity index (χ4n) is 3.61. The lowest BCUT2D eigenvalue weighted by molar-refractivity contribution is 0.796. The summed E-state index contributed by atoms with van der Waals surface area (Å²) in [7, 11) is 0. The average Bonchev–Trinajstić information content (AvgIpc) is 3.39. The quantitative estimate of drug-likeness (QED) is 0.385. The molecule has 5 aromatic rings. The number of para-hydroxylation sites is 1. The number of hydrogen-bond donors (Lipinski definition) is 1. The summed E-state index contributed by atoms with van der Waals surface area (Å²) >= 11 is 1.77. The minimum atomic E-state index is 0.772. The number of hydrogen-bond acceptors (Lipinski definition) is 4. The lowest BCUT2D eigenvalue weighted by atomic mass is 10.1. The third kappa shape index (κ3) is 3.74. The number of aromatic amines is 1. The summed E-state index contributed by atoms with van der Waals surface area (Å²) in [6.07, 6.45) is 2.81. The number of rotatable bonds is 6. The third-order valence-electron chi connectivity index (χ3n) is 5.24. The van der Waals surface area contributed by atoms with E-state index in [1.807, 2.05) is 6.07 Å². The number of imidazole rings is 1. The van der Waals surface area contributed by atoms with Crippen molar-refractivity contribution in [1.29, 1.82) is 0 Å². The highest BCUT2D eigenvalue weighted by atomic mass is 32.1. The van der Waals surface area contributed by atoms with Gasteiger partial charge in [0.25, 0.3) is 0 Å². The van der Waals surface area contributed by atoms with E-state index in [9.17, 15) is 0 Å². The SMILES string of the molecule is CCc1ccc(CN(Cc2nc3ccccc3s2)c2ccc3nc[nH]c3c2)cc1. The van der Waals surface area contributed by atoms with Crippen LogP contribution in [0.5, 0.6) is 0 Å². The molecule has 1 N–H and O–H groups in total. The first kappa shape index (κ1) is 17.9. The van der Waals surface area contributed by atoms with E-state index in [1.54, 1.807) is 17.7 Å². The maximum absolute atomic E-state index is 4.86. The van der Waals surface area contributed by atoms with Gasteiger partial charge in [-0.15, -0.1) is 11.3 Å². The Bertz CT molecular complexity index is 1220. The van der Waals surface area contributed by atoms with Crippen molar-refractivity contribution in [2.24, 2.45) is 0 Å². The second kappa shape index (κ2) is 7.68. The first-order chi connectivity index (χ1) is 14.3. The number of benzene rings is 3. The van der Waals surface area contributed by atoms with Gasteiger partial charge < -0.3 is 9.88 Å². The second-order valence-electron chi connectivity index (χ2n) is 7.21. The van der Waals surface area contributed by atoms with Crippen LogP contribution in [0.3, 0.4) is 0 Å². The monoisotopic (exact) mass is 398 g/mol. The topological polar surface area (TPSA) is 44.8 Å². The van der Waals surface area contributed by atoms with E-state index in [2.05, 4.69) is 82.5 Å². The van der Waals surface area contributed by atoms with Gasteiger partial charge in [0.15, 0.2) is 0 Å². The number of anilines is 1. The Kier molecular flexibility index (Phi) is 4.74. The number of aromatic nitrogens is 3. The maximum atomic E-state index is 4.86. The number of aryl methyl sites for hydroxylation is 1. The van der Waals surface area contributed by atoms with Crippen LogP contribution in [0.1, 0.15) is 23.1 Å². The molecule has 0 aliphatic rings. The molecule has 0 aliphatic heterocycles. The number of thiazole rings is 1. The molecule has 5 heteroatoms. The fourth-order valence-corrected chi connectivity index (χ4v) is 4.59. The van der Waals surface area contributed by atoms with Gasteiger partial charge >= 0.3 is 0 Å². The minimum absolute atomic E-state index is 0.772. The first-order valence-electron chi connectivity index (χ1n) is 9.89. The number of nitrogens with one attached hydrogen (secondary N) is 1. The Hall–Kier alpha value is -3.18. The molecule has 29 heavy (non-hydrogen) atoms. The van der Waals surface area contributed by atoms with E-state index in [4.69, 9.17) is 4.98 Å². The highest BCUT2D eigenvalue weighted by Gasteiger charge is 2.13. The summed E-state index contributed by atoms with van der Waals surface area (Å²) in [5.74, 6) is 0. The van der Waals surface area contributed by atoms with Crippen LogP contribution in [0.15, 0.2) is 73.1 Å². The molecule has 0 fully saturated rings. The van der Waals surface area contributed by atoms with Gasteiger partial charge in [0.2, 0.25) is 0 Å². The van der Waals surface area contributed by atoms with Gasteiger partial charge in [0.05, 0.1) is 34.1 Å². The van der Waals surface area contributed by atoms with E-state index in [-0.39, 0.29) is 0 Å². The van der Waals surface area contributed by atoms with Gasteiger partial charge in [0, 0.05) is 12.2 Å². The molecule has 2 aromatic heterocycles. The van der Waals surface area contributed by atoms with E-state index < -0.39 is 0 Å². The van der Waals surface area contributed by atoms with E-state index in [0.29, 0.717) is 0 Å². The van der Waals surface area contributed by atoms with E-state index >= 15 is 0 Å². The summed E-state index contributed by atoms with van der Waals surface area (Å²) in [6, 6.07) is 23.7. The van der Waals surface area contributed by atoms with Crippen LogP contribution in [0.2, 0.25) is 0 Å². The predicted octanol–water partition coefficient (Wildman–Crippen LogP) is 5.94. The molecule has 144 valence electrons. The standard InChI is InChI=1S/C24H22N4S/c1-2-17-7-9-18(10-8-17)14-28(19-11-12-20-22(13-19)26-16-25-20)15-24-27-21-5-3-4-6-23(21)29-24/h3-13,16H,2,14-15H2,1H3,(H,25,26). The summed E-state index contributed by atoms with van der Waals surface area (Å²) < 4.78 is 1.23. The maximum Gasteiger partial charge on any atom is 0.113 e. The molecule has 0 radical (unpaired) electrons. The van der Waals surface area contributed by atoms with Crippen LogP contribution in [0.25, 0.3) is 21.3 Å². The zero-order valence-corrected chi connectivity index (χ0v) is 17.1. The normalized spacial score (nSPS) is 11.3. The Labute approximate surface area is 173 Å². The predicted molar refractivity (Wildman–Crippen MR) is 121 cm³/mol. The Morgan fingerprint density at radius 2 is 1.72 bits per heavy atom. The summed E-state index contributed by atoms with van der Waals surface area (Å²) in [4.78, 5) is 14.8. The molecular weight excluding hydrogens is 376 g/mol. The molecule has 0 unspecified atom stereocenters. The molecule has 0 saturated carbocycles. The van der Waals surface area contributed by atoms with Crippen LogP contribution in [0, 0.1) is 0 Å². The van der Waals surface area contributed by atoms with Gasteiger partial charge in [0.1, 0.15) is 5.01 Å². The van der Waals surface area contributed by atoms with Crippen LogP contribution in [-0.2, 0) is 19.5 Å². The third-order valence-corrected chi connectivity index (χ3v) is 6.26. The van der Waals surface area contributed by atoms with Gasteiger partial charge in [-0.05, 0) is 47.9 Å². The van der Waals surface area contributed by atoms with Crippen molar-refractivity contribution in [1.82, 2.24) is 15.0 Å². The molecular formula is C24H22N4S. The van der Waals surface area contributed by atoms with Crippen molar-refractivity contribution >= 4 is 38.3 Å². The molecule has 3 aromatic carbocycles. The molecule has 0 saturated heterocycles. The zero-order valence-electron chi connectivity index (χ0n) is 16.3. The molecule has 0 aliphatic carbocycles. The molecule has 5 rings (SSSR count). The average molecular weight is 399 g/mol. The largest absolute Gasteiger partial charge is 0.360 e. The lowest BCUT2D eigenvalue weighted by Crippen LogP contribution is -2.22. The van der Waals surface area contributed by atoms with Gasteiger partial charge in [-0.2, -0.15) is 0 Å². The van der Waals surface area contributed by atoms with Crippen molar-refractivity contribution in [2.45, 2.75) is 26.4 Å². The fraction of sp³-hybridized carbons (Fsp3) is 0.167. The summed E-state index contributed by atoms with van der Waals surface area (Å²) in [5.41, 5.74) is 6.95. The molecule has 0 bridgehead atoms. The van der Waals surface area contributed by atoms with Gasteiger partial charge in [-0.25, -0.2) is 9.97 Å². The summed E-state index contributed by atoms with van der Waals surface area (Å²) in [6.45, 7) is 3.79. The second-order valence-corrected chi connectivity index (χ2v) is 8.32. The van der Waals surface area contributed by atoms with E-state index in [0.717, 1.165) is 41.1 Å². The van der Waals surface area contributed by atoms with Crippen molar-refractivity contribution in [2.75, 3.05) is 4.90 Å². The Morgan fingerprint density at radius 3 is 2.55 bits per heavy atom. The van der Waals surface area contributed by atoms with Crippen molar-refractivity contribution in [3.8, 4) is 0 Å². The van der Waals surface area contributed by atoms with Crippen LogP contribution < -0.4 is 4.90 Å². The molecule has 0 spiro atoms. The molecule has 0 atom stereocenters. The lowest BCUT2D eigenvalue weighted by Gasteiger charge is -2.24. The van der Waals surface area contributed by atoms with Crippen molar-refractivity contribution < 1.29 is 0 Å². The Morgan fingerprint density at radius 1 is 0.897 bits per heavy atom.